The van der Waals surface area contributed by atoms with Crippen molar-refractivity contribution in [2.75, 3.05) is 0 Å². The molecule has 2 aromatic heterocycles. The topological polar surface area (TPSA) is 30.7 Å². The molecule has 0 N–H and O–H groups in total. The highest BCUT2D eigenvalue weighted by molar-refractivity contribution is 6.34. The van der Waals surface area contributed by atoms with Crippen molar-refractivity contribution >= 4 is 46.0 Å². The van der Waals surface area contributed by atoms with Crippen molar-refractivity contribution in [3.8, 4) is 5.69 Å². The summed E-state index contributed by atoms with van der Waals surface area (Å²) in [7, 11) is 0. The lowest BCUT2D eigenvalue weighted by atomic mass is 10.3. The van der Waals surface area contributed by atoms with E-state index in [1.165, 1.54) is 0 Å². The number of rotatable bonds is 2. The molecule has 0 atom stereocenters. The zero-order valence-electron chi connectivity index (χ0n) is 9.65. The molecule has 3 nitrogen and oxygen atoms in total. The van der Waals surface area contributed by atoms with Crippen molar-refractivity contribution in [2.24, 2.45) is 0 Å². The van der Waals surface area contributed by atoms with Gasteiger partial charge in [-0.05, 0) is 30.3 Å². The van der Waals surface area contributed by atoms with E-state index in [9.17, 15) is 0 Å². The summed E-state index contributed by atoms with van der Waals surface area (Å²) in [6.07, 6.45) is 1.71. The fraction of sp³-hybridized carbons (Fsp3) is 0.0769. The molecule has 19 heavy (non-hydrogen) atoms. The summed E-state index contributed by atoms with van der Waals surface area (Å²) in [5.41, 5.74) is 2.32. The molecule has 6 heteroatoms. The van der Waals surface area contributed by atoms with Crippen molar-refractivity contribution in [2.45, 2.75) is 5.88 Å². The predicted molar refractivity (Wildman–Crippen MR) is 78.4 cm³/mol. The van der Waals surface area contributed by atoms with Crippen molar-refractivity contribution in [1.29, 1.82) is 0 Å². The third kappa shape index (κ3) is 2.29. The number of pyridine rings is 1. The maximum Gasteiger partial charge on any atom is 0.164 e. The molecule has 0 spiro atoms. The average Bonchev–Trinajstić information content (AvgIpc) is 2.75. The lowest BCUT2D eigenvalue weighted by molar-refractivity contribution is 0.970. The van der Waals surface area contributed by atoms with E-state index >= 15 is 0 Å². The lowest BCUT2D eigenvalue weighted by Gasteiger charge is -2.08. The van der Waals surface area contributed by atoms with E-state index in [0.717, 1.165) is 16.9 Å². The molecule has 0 saturated carbocycles. The van der Waals surface area contributed by atoms with Crippen LogP contribution in [-0.2, 0) is 5.88 Å². The molecule has 0 aliphatic rings. The smallest absolute Gasteiger partial charge is 0.164 e. The first-order valence-electron chi connectivity index (χ1n) is 5.54. The van der Waals surface area contributed by atoms with Gasteiger partial charge in [0.2, 0.25) is 0 Å². The number of nitrogens with zero attached hydrogens (tertiary/aromatic N) is 3. The second-order valence-corrected chi connectivity index (χ2v) is 5.11. The summed E-state index contributed by atoms with van der Waals surface area (Å²) in [5.74, 6) is 0.981. The molecule has 0 fully saturated rings. The fourth-order valence-corrected chi connectivity index (χ4v) is 2.68. The van der Waals surface area contributed by atoms with Crippen LogP contribution in [-0.4, -0.2) is 14.5 Å². The molecule has 0 bridgehead atoms. The second-order valence-electron chi connectivity index (χ2n) is 3.97. The Morgan fingerprint density at radius 1 is 1.11 bits per heavy atom. The normalized spacial score (nSPS) is 11.1. The minimum absolute atomic E-state index is 0.278. The monoisotopic (exact) mass is 311 g/mol. The van der Waals surface area contributed by atoms with Crippen LogP contribution in [0, 0.1) is 0 Å². The molecule has 1 aromatic carbocycles. The van der Waals surface area contributed by atoms with Crippen LogP contribution in [0.15, 0.2) is 36.5 Å². The number of fused-ring (bicyclic) bond motifs is 1. The summed E-state index contributed by atoms with van der Waals surface area (Å²) < 4.78 is 1.86. The van der Waals surface area contributed by atoms with Crippen LogP contribution in [0.4, 0.5) is 0 Å². The number of hydrogen-bond donors (Lipinski definition) is 0. The van der Waals surface area contributed by atoms with Gasteiger partial charge in [0.05, 0.1) is 11.6 Å². The molecule has 0 radical (unpaired) electrons. The number of halogens is 3. The molecule has 2 heterocycles. The first-order valence-corrected chi connectivity index (χ1v) is 6.83. The minimum atomic E-state index is 0.278. The Balaban J connectivity index is 2.34. The van der Waals surface area contributed by atoms with Crippen LogP contribution in [0.2, 0.25) is 10.0 Å². The molecule has 3 aromatic rings. The largest absolute Gasteiger partial charge is 0.280 e. The molecule has 0 aliphatic carbocycles. The predicted octanol–water partition coefficient (Wildman–Crippen LogP) is 4.47. The van der Waals surface area contributed by atoms with Gasteiger partial charge < -0.3 is 0 Å². The Labute approximate surface area is 124 Å². The van der Waals surface area contributed by atoms with Gasteiger partial charge in [-0.1, -0.05) is 23.2 Å². The summed E-state index contributed by atoms with van der Waals surface area (Å²) >= 11 is 18.0. The van der Waals surface area contributed by atoms with Crippen molar-refractivity contribution in [1.82, 2.24) is 14.5 Å². The number of hydrogen-bond acceptors (Lipinski definition) is 2. The van der Waals surface area contributed by atoms with Gasteiger partial charge in [0.25, 0.3) is 0 Å². The van der Waals surface area contributed by atoms with E-state index in [1.807, 2.05) is 16.7 Å². The van der Waals surface area contributed by atoms with Gasteiger partial charge >= 0.3 is 0 Å². The van der Waals surface area contributed by atoms with Gasteiger partial charge in [-0.15, -0.1) is 11.6 Å². The van der Waals surface area contributed by atoms with Crippen LogP contribution < -0.4 is 0 Å². The van der Waals surface area contributed by atoms with Crippen molar-refractivity contribution < 1.29 is 0 Å². The molecule has 0 unspecified atom stereocenters. The van der Waals surface area contributed by atoms with E-state index in [2.05, 4.69) is 9.97 Å². The first kappa shape index (κ1) is 12.7. The van der Waals surface area contributed by atoms with Gasteiger partial charge in [0, 0.05) is 16.2 Å². The van der Waals surface area contributed by atoms with Crippen LogP contribution >= 0.6 is 34.8 Å². The quantitative estimate of drug-likeness (QED) is 0.654. The highest BCUT2D eigenvalue weighted by Crippen LogP contribution is 2.26. The van der Waals surface area contributed by atoms with Crippen LogP contribution in [0.3, 0.4) is 0 Å². The Hall–Kier alpha value is -1.29. The van der Waals surface area contributed by atoms with Gasteiger partial charge in [0.15, 0.2) is 5.65 Å². The highest BCUT2D eigenvalue weighted by atomic mass is 35.5. The molecule has 96 valence electrons. The number of alkyl halides is 1. The Bertz CT molecular complexity index is 732. The van der Waals surface area contributed by atoms with E-state index in [0.29, 0.717) is 15.9 Å². The summed E-state index contributed by atoms with van der Waals surface area (Å²) in [6, 6.07) is 9.02. The Morgan fingerprint density at radius 3 is 2.53 bits per heavy atom. The second kappa shape index (κ2) is 5.00. The van der Waals surface area contributed by atoms with Crippen LogP contribution in [0.5, 0.6) is 0 Å². The summed E-state index contributed by atoms with van der Waals surface area (Å²) in [6.45, 7) is 0. The number of imidazole rings is 1. The maximum atomic E-state index is 6.04. The standard InChI is InChI=1S/C13H8Cl3N3/c14-7-12-18-11-2-1-3-17-13(11)19(12)10-5-8(15)4-9(16)6-10/h1-6H,7H2. The minimum Gasteiger partial charge on any atom is -0.280 e. The highest BCUT2D eigenvalue weighted by Gasteiger charge is 2.13. The van der Waals surface area contributed by atoms with E-state index in [-0.39, 0.29) is 5.88 Å². The maximum absolute atomic E-state index is 6.04. The van der Waals surface area contributed by atoms with Crippen molar-refractivity contribution in [3.05, 3.63) is 52.4 Å². The zero-order chi connectivity index (χ0) is 13.4. The van der Waals surface area contributed by atoms with E-state index in [1.54, 1.807) is 24.4 Å². The lowest BCUT2D eigenvalue weighted by Crippen LogP contribution is -2.00. The van der Waals surface area contributed by atoms with E-state index < -0.39 is 0 Å². The van der Waals surface area contributed by atoms with Crippen LogP contribution in [0.1, 0.15) is 5.82 Å². The van der Waals surface area contributed by atoms with Gasteiger partial charge in [-0.25, -0.2) is 9.97 Å². The summed E-state index contributed by atoms with van der Waals surface area (Å²) in [5, 5.41) is 1.11. The van der Waals surface area contributed by atoms with Crippen molar-refractivity contribution in [3.63, 3.8) is 0 Å². The number of aromatic nitrogens is 3. The van der Waals surface area contributed by atoms with Crippen LogP contribution in [0.25, 0.3) is 16.9 Å². The Morgan fingerprint density at radius 2 is 1.84 bits per heavy atom. The molecule has 0 saturated heterocycles. The first-order chi connectivity index (χ1) is 9.19. The van der Waals surface area contributed by atoms with E-state index in [4.69, 9.17) is 34.8 Å². The molecule has 3 rings (SSSR count). The van der Waals surface area contributed by atoms with Gasteiger partial charge in [-0.3, -0.25) is 4.57 Å². The average molecular weight is 313 g/mol. The Kier molecular flexibility index (Phi) is 3.35. The van der Waals surface area contributed by atoms with Gasteiger partial charge in [0.1, 0.15) is 11.3 Å². The summed E-state index contributed by atoms with van der Waals surface area (Å²) in [4.78, 5) is 8.79. The number of benzene rings is 1. The van der Waals surface area contributed by atoms with Gasteiger partial charge in [-0.2, -0.15) is 0 Å². The molecule has 0 aliphatic heterocycles. The third-order valence-electron chi connectivity index (χ3n) is 2.71. The zero-order valence-corrected chi connectivity index (χ0v) is 11.9. The molecular weight excluding hydrogens is 305 g/mol. The fourth-order valence-electron chi connectivity index (χ4n) is 1.99. The third-order valence-corrected chi connectivity index (χ3v) is 3.39. The molecule has 0 amide bonds. The molecular formula is C13H8Cl3N3. The SMILES string of the molecule is ClCc1nc2cccnc2n1-c1cc(Cl)cc(Cl)c1.